The predicted molar refractivity (Wildman–Crippen MR) is 66.3 cm³/mol. The van der Waals surface area contributed by atoms with Crippen LogP contribution in [0.3, 0.4) is 0 Å². The highest BCUT2D eigenvalue weighted by molar-refractivity contribution is 5.95. The Morgan fingerprint density at radius 3 is 2.82 bits per heavy atom. The van der Waals surface area contributed by atoms with Gasteiger partial charge in [-0.2, -0.15) is 0 Å². The van der Waals surface area contributed by atoms with Crippen LogP contribution in [0, 0.1) is 0 Å². The lowest BCUT2D eigenvalue weighted by atomic mass is 9.97. The number of carbonyl (C=O) groups is 2. The van der Waals surface area contributed by atoms with Crippen molar-refractivity contribution in [3.05, 3.63) is 11.8 Å². The zero-order valence-corrected chi connectivity index (χ0v) is 10.6. The molecule has 94 valence electrons. The van der Waals surface area contributed by atoms with Crippen LogP contribution in [-0.2, 0) is 9.59 Å². The summed E-state index contributed by atoms with van der Waals surface area (Å²) in [7, 11) is 0. The first kappa shape index (κ1) is 12.3. The van der Waals surface area contributed by atoms with Crippen LogP contribution >= 0.6 is 0 Å². The van der Waals surface area contributed by atoms with E-state index in [0.717, 1.165) is 25.0 Å². The summed E-state index contributed by atoms with van der Waals surface area (Å²) in [5, 5.41) is 0. The van der Waals surface area contributed by atoms with Crippen molar-refractivity contribution in [1.29, 1.82) is 0 Å². The average Bonchev–Trinajstić information content (AvgIpc) is 2.66. The van der Waals surface area contributed by atoms with Gasteiger partial charge >= 0.3 is 0 Å². The van der Waals surface area contributed by atoms with Crippen molar-refractivity contribution < 1.29 is 9.59 Å². The third kappa shape index (κ3) is 2.76. The van der Waals surface area contributed by atoms with E-state index in [1.165, 1.54) is 19.3 Å². The average molecular weight is 235 g/mol. The highest BCUT2D eigenvalue weighted by atomic mass is 16.2. The standard InChI is InChI=1S/C14H21NO2/c1-2-3-4-5-6-11-9-13(16)10-12-7-8-14(17)15(11)12/h10-11H,2-9H2,1H3/t11-/m1/s1. The lowest BCUT2D eigenvalue weighted by Gasteiger charge is -2.31. The normalized spacial score (nSPS) is 23.9. The Kier molecular flexibility index (Phi) is 3.97. The minimum Gasteiger partial charge on any atom is -0.313 e. The number of ketones is 1. The molecule has 3 heteroatoms. The molecule has 1 atom stereocenters. The predicted octanol–water partition coefficient (Wildman–Crippen LogP) is 2.80. The molecule has 0 N–H and O–H groups in total. The second-order valence-corrected chi connectivity index (χ2v) is 5.07. The van der Waals surface area contributed by atoms with E-state index in [2.05, 4.69) is 6.92 Å². The van der Waals surface area contributed by atoms with Crippen LogP contribution in [0.4, 0.5) is 0 Å². The van der Waals surface area contributed by atoms with Crippen molar-refractivity contribution in [2.75, 3.05) is 0 Å². The summed E-state index contributed by atoms with van der Waals surface area (Å²) >= 11 is 0. The second-order valence-electron chi connectivity index (χ2n) is 5.07. The summed E-state index contributed by atoms with van der Waals surface area (Å²) in [5.41, 5.74) is 0.965. The van der Waals surface area contributed by atoms with Crippen LogP contribution < -0.4 is 0 Å². The first-order valence-corrected chi connectivity index (χ1v) is 6.78. The topological polar surface area (TPSA) is 37.4 Å². The van der Waals surface area contributed by atoms with Gasteiger partial charge in [0, 0.05) is 30.7 Å². The van der Waals surface area contributed by atoms with E-state index in [9.17, 15) is 9.59 Å². The number of amides is 1. The van der Waals surface area contributed by atoms with Gasteiger partial charge in [0.1, 0.15) is 0 Å². The third-order valence-corrected chi connectivity index (χ3v) is 3.69. The monoisotopic (exact) mass is 235 g/mol. The fourth-order valence-corrected chi connectivity index (χ4v) is 2.82. The van der Waals surface area contributed by atoms with Crippen LogP contribution in [-0.4, -0.2) is 22.6 Å². The van der Waals surface area contributed by atoms with Gasteiger partial charge in [-0.3, -0.25) is 9.59 Å². The molecule has 0 bridgehead atoms. The maximum Gasteiger partial charge on any atom is 0.227 e. The van der Waals surface area contributed by atoms with Crippen molar-refractivity contribution in [3.63, 3.8) is 0 Å². The van der Waals surface area contributed by atoms with Crippen molar-refractivity contribution in [1.82, 2.24) is 4.90 Å². The Hall–Kier alpha value is -1.12. The van der Waals surface area contributed by atoms with Crippen LogP contribution in [0.2, 0.25) is 0 Å². The van der Waals surface area contributed by atoms with Gasteiger partial charge in [-0.15, -0.1) is 0 Å². The molecule has 0 spiro atoms. The Labute approximate surface area is 103 Å². The number of rotatable bonds is 5. The molecule has 0 radical (unpaired) electrons. The van der Waals surface area contributed by atoms with Crippen molar-refractivity contribution in [3.8, 4) is 0 Å². The highest BCUT2D eigenvalue weighted by Gasteiger charge is 2.36. The molecule has 0 aromatic carbocycles. The third-order valence-electron chi connectivity index (χ3n) is 3.69. The van der Waals surface area contributed by atoms with Crippen LogP contribution in [0.1, 0.15) is 58.3 Å². The van der Waals surface area contributed by atoms with Gasteiger partial charge in [-0.1, -0.05) is 32.6 Å². The number of unbranched alkanes of at least 4 members (excludes halogenated alkanes) is 3. The number of fused-ring (bicyclic) bond motifs is 1. The fourth-order valence-electron chi connectivity index (χ4n) is 2.82. The molecule has 0 aromatic heterocycles. The van der Waals surface area contributed by atoms with E-state index >= 15 is 0 Å². The van der Waals surface area contributed by atoms with E-state index < -0.39 is 0 Å². The maximum atomic E-state index is 11.8. The number of hydrogen-bond donors (Lipinski definition) is 0. The largest absolute Gasteiger partial charge is 0.313 e. The number of nitrogens with zero attached hydrogens (tertiary/aromatic N) is 1. The summed E-state index contributed by atoms with van der Waals surface area (Å²) in [5.74, 6) is 0.413. The minimum atomic E-state index is 0.148. The Morgan fingerprint density at radius 2 is 2.06 bits per heavy atom. The summed E-state index contributed by atoms with van der Waals surface area (Å²) < 4.78 is 0. The van der Waals surface area contributed by atoms with Crippen molar-refractivity contribution in [2.45, 2.75) is 64.3 Å². The van der Waals surface area contributed by atoms with E-state index in [0.29, 0.717) is 12.8 Å². The first-order valence-electron chi connectivity index (χ1n) is 6.78. The van der Waals surface area contributed by atoms with Gasteiger partial charge in [0.25, 0.3) is 0 Å². The summed E-state index contributed by atoms with van der Waals surface area (Å²) in [4.78, 5) is 25.3. The smallest absolute Gasteiger partial charge is 0.227 e. The molecule has 17 heavy (non-hydrogen) atoms. The van der Waals surface area contributed by atoms with Gasteiger partial charge in [0.15, 0.2) is 5.78 Å². The SMILES string of the molecule is CCCCCC[C@@H]1CC(=O)C=C2CCC(=O)N21. The van der Waals surface area contributed by atoms with Crippen molar-refractivity contribution in [2.24, 2.45) is 0 Å². The Bertz CT molecular complexity index is 346. The molecule has 1 amide bonds. The molecule has 1 fully saturated rings. The van der Waals surface area contributed by atoms with E-state index in [1.54, 1.807) is 6.08 Å². The van der Waals surface area contributed by atoms with Crippen molar-refractivity contribution >= 4 is 11.7 Å². The zero-order chi connectivity index (χ0) is 12.3. The maximum absolute atomic E-state index is 11.8. The van der Waals surface area contributed by atoms with Crippen LogP contribution in [0.5, 0.6) is 0 Å². The second kappa shape index (κ2) is 5.48. The van der Waals surface area contributed by atoms with Gasteiger partial charge in [-0.05, 0) is 12.8 Å². The summed E-state index contributed by atoms with van der Waals surface area (Å²) in [6.45, 7) is 2.19. The number of allylic oxidation sites excluding steroid dienone is 2. The van der Waals surface area contributed by atoms with Gasteiger partial charge < -0.3 is 4.90 Å². The fraction of sp³-hybridized carbons (Fsp3) is 0.714. The Morgan fingerprint density at radius 1 is 1.24 bits per heavy atom. The molecular weight excluding hydrogens is 214 g/mol. The molecule has 2 rings (SSSR count). The Balaban J connectivity index is 1.94. The van der Waals surface area contributed by atoms with Gasteiger partial charge in [0.05, 0.1) is 0 Å². The minimum absolute atomic E-state index is 0.148. The molecule has 0 saturated carbocycles. The molecule has 0 aromatic rings. The molecular formula is C14H21NO2. The quantitative estimate of drug-likeness (QED) is 0.687. The summed E-state index contributed by atoms with van der Waals surface area (Å²) in [6.07, 6.45) is 9.34. The molecule has 0 unspecified atom stereocenters. The molecule has 2 heterocycles. The number of carbonyl (C=O) groups excluding carboxylic acids is 2. The van der Waals surface area contributed by atoms with Crippen LogP contribution in [0.15, 0.2) is 11.8 Å². The molecule has 2 aliphatic rings. The van der Waals surface area contributed by atoms with E-state index in [1.807, 2.05) is 4.90 Å². The molecule has 3 nitrogen and oxygen atoms in total. The zero-order valence-electron chi connectivity index (χ0n) is 10.6. The van der Waals surface area contributed by atoms with Crippen LogP contribution in [0.25, 0.3) is 0 Å². The lowest BCUT2D eigenvalue weighted by Crippen LogP contribution is -2.39. The first-order chi connectivity index (χ1) is 8.22. The molecule has 0 aliphatic carbocycles. The highest BCUT2D eigenvalue weighted by Crippen LogP contribution is 2.32. The van der Waals surface area contributed by atoms with E-state index in [4.69, 9.17) is 0 Å². The van der Waals surface area contributed by atoms with E-state index in [-0.39, 0.29) is 17.7 Å². The molecule has 2 aliphatic heterocycles. The molecule has 1 saturated heterocycles. The van der Waals surface area contributed by atoms with Gasteiger partial charge in [-0.25, -0.2) is 0 Å². The van der Waals surface area contributed by atoms with Gasteiger partial charge in [0.2, 0.25) is 5.91 Å². The summed E-state index contributed by atoms with van der Waals surface area (Å²) in [6, 6.07) is 0.148. The lowest BCUT2D eigenvalue weighted by molar-refractivity contribution is -0.130. The number of hydrogen-bond acceptors (Lipinski definition) is 2.